The number of allylic oxidation sites excluding steroid dienone is 2. The minimum Gasteiger partial charge on any atom is -0.452 e. The van der Waals surface area contributed by atoms with E-state index in [1.807, 2.05) is 24.3 Å². The molecule has 4 heteroatoms. The second kappa shape index (κ2) is 9.15. The van der Waals surface area contributed by atoms with Crippen LogP contribution in [-0.4, -0.2) is 10.6 Å². The molecule has 4 heterocycles. The Labute approximate surface area is 269 Å². The SMILES string of the molecule is C1=CC2=C(c3ccccc3)N(c3ccc(-n4c5ccccc5c5c6c7ccccc7oc6c6oc7ccccc7c6c54)cc3)C2C=C1. The number of rotatable bonds is 3. The predicted octanol–water partition coefficient (Wildman–Crippen LogP) is 11.3. The van der Waals surface area contributed by atoms with E-state index in [0.29, 0.717) is 0 Å². The summed E-state index contributed by atoms with van der Waals surface area (Å²) >= 11 is 0. The van der Waals surface area contributed by atoms with Gasteiger partial charge in [0.15, 0.2) is 11.2 Å². The molecule has 0 fully saturated rings. The molecule has 1 aliphatic carbocycles. The van der Waals surface area contributed by atoms with Crippen LogP contribution < -0.4 is 4.90 Å². The molecular weight excluding hydrogens is 576 g/mol. The minimum atomic E-state index is 0.230. The van der Waals surface area contributed by atoms with Crippen LogP contribution in [0.25, 0.3) is 77.1 Å². The summed E-state index contributed by atoms with van der Waals surface area (Å²) in [6.45, 7) is 0. The summed E-state index contributed by atoms with van der Waals surface area (Å²) in [5.74, 6) is 0. The molecule has 2 aliphatic rings. The third-order valence-electron chi connectivity index (χ3n) is 9.98. The standard InChI is InChI=1S/C43H26N2O2/c1-2-12-26(13-3-1)40-30-15-5-9-19-34(30)44(40)27-22-24-28(25-23-27)45-33-18-8-4-14-29(33)37-38-31-16-6-10-20-35(31)46-42(38)43-39(41(37)45)32-17-7-11-21-36(32)47-43/h1-25,34H. The van der Waals surface area contributed by atoms with Crippen LogP contribution in [0.1, 0.15) is 5.56 Å². The van der Waals surface area contributed by atoms with E-state index < -0.39 is 0 Å². The van der Waals surface area contributed by atoms with Crippen LogP contribution in [0.4, 0.5) is 5.69 Å². The van der Waals surface area contributed by atoms with Crippen LogP contribution in [0.2, 0.25) is 0 Å². The van der Waals surface area contributed by atoms with E-state index in [1.165, 1.54) is 33.3 Å². The maximum atomic E-state index is 6.64. The van der Waals surface area contributed by atoms with Gasteiger partial charge < -0.3 is 18.3 Å². The lowest BCUT2D eigenvalue weighted by Gasteiger charge is -2.46. The smallest absolute Gasteiger partial charge is 0.180 e. The van der Waals surface area contributed by atoms with Gasteiger partial charge in [-0.25, -0.2) is 0 Å². The van der Waals surface area contributed by atoms with Crippen molar-refractivity contribution in [2.75, 3.05) is 4.90 Å². The van der Waals surface area contributed by atoms with Gasteiger partial charge in [0, 0.05) is 43.9 Å². The summed E-state index contributed by atoms with van der Waals surface area (Å²) in [6.07, 6.45) is 8.81. The first-order valence-electron chi connectivity index (χ1n) is 16.1. The minimum absolute atomic E-state index is 0.230. The Kier molecular flexibility index (Phi) is 4.86. The first kappa shape index (κ1) is 25.0. The van der Waals surface area contributed by atoms with Crippen LogP contribution in [0, 0.1) is 0 Å². The Morgan fingerprint density at radius 2 is 1.13 bits per heavy atom. The van der Waals surface area contributed by atoms with Crippen LogP contribution >= 0.6 is 0 Å². The van der Waals surface area contributed by atoms with Gasteiger partial charge in [-0.15, -0.1) is 0 Å². The van der Waals surface area contributed by atoms with Crippen molar-refractivity contribution in [1.29, 1.82) is 0 Å². The van der Waals surface area contributed by atoms with Gasteiger partial charge in [0.05, 0.1) is 28.2 Å². The fourth-order valence-corrected chi connectivity index (χ4v) is 8.03. The maximum absolute atomic E-state index is 6.64. The highest BCUT2D eigenvalue weighted by Crippen LogP contribution is 2.49. The lowest BCUT2D eigenvalue weighted by Crippen LogP contribution is -2.44. The Hall–Kier alpha value is -6.26. The van der Waals surface area contributed by atoms with Crippen molar-refractivity contribution in [1.82, 2.24) is 4.57 Å². The summed E-state index contributed by atoms with van der Waals surface area (Å²) in [5, 5.41) is 6.72. The zero-order valence-electron chi connectivity index (χ0n) is 25.2. The zero-order valence-corrected chi connectivity index (χ0v) is 25.2. The van der Waals surface area contributed by atoms with Crippen molar-refractivity contribution >= 4 is 77.1 Å². The second-order valence-electron chi connectivity index (χ2n) is 12.4. The third kappa shape index (κ3) is 3.26. The van der Waals surface area contributed by atoms with Crippen LogP contribution in [0.3, 0.4) is 0 Å². The molecule has 6 aromatic carbocycles. The number of hydrogen-bond donors (Lipinski definition) is 0. The summed E-state index contributed by atoms with van der Waals surface area (Å²) in [4.78, 5) is 2.45. The van der Waals surface area contributed by atoms with Crippen molar-refractivity contribution in [2.24, 2.45) is 0 Å². The van der Waals surface area contributed by atoms with E-state index in [4.69, 9.17) is 8.83 Å². The number of fused-ring (bicyclic) bond motifs is 13. The Bertz CT molecular complexity index is 2840. The van der Waals surface area contributed by atoms with Crippen molar-refractivity contribution in [3.63, 3.8) is 0 Å². The number of furan rings is 2. The fourth-order valence-electron chi connectivity index (χ4n) is 8.03. The van der Waals surface area contributed by atoms with Gasteiger partial charge in [-0.2, -0.15) is 0 Å². The topological polar surface area (TPSA) is 34.5 Å². The first-order valence-corrected chi connectivity index (χ1v) is 16.1. The summed E-state index contributed by atoms with van der Waals surface area (Å²) in [6, 6.07) is 45.3. The lowest BCUT2D eigenvalue weighted by molar-refractivity contribution is 0.633. The average molecular weight is 603 g/mol. The van der Waals surface area contributed by atoms with Crippen molar-refractivity contribution in [3.8, 4) is 5.69 Å². The van der Waals surface area contributed by atoms with Gasteiger partial charge in [0.2, 0.25) is 0 Å². The molecule has 1 unspecified atom stereocenters. The molecule has 9 aromatic rings. The average Bonchev–Trinajstić information content (AvgIpc) is 3.79. The number of nitrogens with zero attached hydrogens (tertiary/aromatic N) is 2. The molecule has 0 spiro atoms. The van der Waals surface area contributed by atoms with Crippen LogP contribution in [0.5, 0.6) is 0 Å². The van der Waals surface area contributed by atoms with Crippen molar-refractivity contribution in [2.45, 2.75) is 6.04 Å². The molecule has 4 nitrogen and oxygen atoms in total. The lowest BCUT2D eigenvalue weighted by atomic mass is 9.85. The van der Waals surface area contributed by atoms with E-state index >= 15 is 0 Å². The van der Waals surface area contributed by atoms with Crippen molar-refractivity contribution < 1.29 is 8.83 Å². The molecule has 1 atom stereocenters. The Morgan fingerprint density at radius 1 is 0.511 bits per heavy atom. The second-order valence-corrected chi connectivity index (χ2v) is 12.4. The van der Waals surface area contributed by atoms with E-state index in [9.17, 15) is 0 Å². The molecule has 0 saturated heterocycles. The van der Waals surface area contributed by atoms with E-state index in [0.717, 1.165) is 60.6 Å². The van der Waals surface area contributed by atoms with E-state index in [1.54, 1.807) is 0 Å². The molecule has 0 bridgehead atoms. The van der Waals surface area contributed by atoms with E-state index in [2.05, 4.69) is 137 Å². The van der Waals surface area contributed by atoms with Gasteiger partial charge in [0.1, 0.15) is 11.2 Å². The molecule has 1 aliphatic heterocycles. The Balaban J connectivity index is 1.21. The molecule has 0 N–H and O–H groups in total. The highest BCUT2D eigenvalue weighted by atomic mass is 16.4. The van der Waals surface area contributed by atoms with Gasteiger partial charge in [-0.1, -0.05) is 109 Å². The van der Waals surface area contributed by atoms with Crippen LogP contribution in [0.15, 0.2) is 166 Å². The van der Waals surface area contributed by atoms with Gasteiger partial charge in [-0.05, 0) is 48.0 Å². The molecule has 0 saturated carbocycles. The summed E-state index contributed by atoms with van der Waals surface area (Å²) in [5.41, 5.74) is 11.7. The van der Waals surface area contributed by atoms with E-state index in [-0.39, 0.29) is 6.04 Å². The largest absolute Gasteiger partial charge is 0.452 e. The molecule has 220 valence electrons. The normalized spacial score (nSPS) is 16.0. The summed E-state index contributed by atoms with van der Waals surface area (Å²) in [7, 11) is 0. The molecular formula is C43H26N2O2. The summed E-state index contributed by atoms with van der Waals surface area (Å²) < 4.78 is 15.6. The number of hydrogen-bond acceptors (Lipinski definition) is 3. The number of anilines is 1. The fraction of sp³-hybridized carbons (Fsp3) is 0.0233. The predicted molar refractivity (Wildman–Crippen MR) is 193 cm³/mol. The number of benzene rings is 6. The number of para-hydroxylation sites is 3. The first-order chi connectivity index (χ1) is 23.3. The molecule has 47 heavy (non-hydrogen) atoms. The maximum Gasteiger partial charge on any atom is 0.180 e. The Morgan fingerprint density at radius 3 is 1.89 bits per heavy atom. The molecule has 0 amide bonds. The third-order valence-corrected chi connectivity index (χ3v) is 9.98. The van der Waals surface area contributed by atoms with Gasteiger partial charge in [-0.3, -0.25) is 0 Å². The highest BCUT2D eigenvalue weighted by Gasteiger charge is 2.37. The monoisotopic (exact) mass is 602 g/mol. The molecule has 0 radical (unpaired) electrons. The van der Waals surface area contributed by atoms with Crippen LogP contribution in [-0.2, 0) is 0 Å². The van der Waals surface area contributed by atoms with Gasteiger partial charge in [0.25, 0.3) is 0 Å². The molecule has 11 rings (SSSR count). The highest BCUT2D eigenvalue weighted by molar-refractivity contribution is 6.38. The van der Waals surface area contributed by atoms with Gasteiger partial charge >= 0.3 is 0 Å². The molecule has 3 aromatic heterocycles. The number of aromatic nitrogens is 1. The zero-order chi connectivity index (χ0) is 30.6. The van der Waals surface area contributed by atoms with Crippen molar-refractivity contribution in [3.05, 3.63) is 163 Å². The quantitative estimate of drug-likeness (QED) is 0.202.